The zero-order chi connectivity index (χ0) is 21.7. The number of aliphatic hydroxyl groups is 2. The number of para-hydroxylation sites is 1. The van der Waals surface area contributed by atoms with Crippen molar-refractivity contribution in [3.8, 4) is 0 Å². The van der Waals surface area contributed by atoms with Crippen LogP contribution in [0.1, 0.15) is 6.23 Å². The molecule has 3 aromatic rings. The molecule has 1 aliphatic rings. The molecular weight excluding hydrogens is 446 g/mol. The fraction of sp³-hybridized carbons (Fsp3) is 0.312. The molecule has 160 valence electrons. The molecule has 1 aliphatic heterocycles. The van der Waals surface area contributed by atoms with E-state index in [0.717, 1.165) is 23.6 Å². The van der Waals surface area contributed by atoms with E-state index in [4.69, 9.17) is 9.84 Å². The molecule has 3 unspecified atom stereocenters. The average molecular weight is 460 g/mol. The lowest BCUT2D eigenvalue weighted by Crippen LogP contribution is -2.41. The van der Waals surface area contributed by atoms with Gasteiger partial charge in [0.05, 0.1) is 16.8 Å². The molecule has 1 saturated heterocycles. The Labute approximate surface area is 171 Å². The number of hydrogen-bond acceptors (Lipinski definition) is 9. The minimum absolute atomic E-state index is 0.255. The van der Waals surface area contributed by atoms with E-state index >= 15 is 0 Å². The van der Waals surface area contributed by atoms with Gasteiger partial charge in [0.2, 0.25) is 10.6 Å². The highest BCUT2D eigenvalue weighted by Crippen LogP contribution is 2.42. The summed E-state index contributed by atoms with van der Waals surface area (Å²) in [6.45, 7) is -0.879. The molecular formula is C16H14F2N4O6S2. The molecule has 0 spiro atoms. The van der Waals surface area contributed by atoms with Crippen molar-refractivity contribution >= 4 is 37.4 Å². The Morgan fingerprint density at radius 2 is 2.00 bits per heavy atom. The van der Waals surface area contributed by atoms with Crippen molar-refractivity contribution in [2.75, 3.05) is 11.3 Å². The average Bonchev–Trinajstić information content (AvgIpc) is 3.22. The van der Waals surface area contributed by atoms with Crippen molar-refractivity contribution in [2.24, 2.45) is 0 Å². The maximum Gasteiger partial charge on any atom is 0.351 e. The van der Waals surface area contributed by atoms with Crippen molar-refractivity contribution in [1.29, 1.82) is 0 Å². The minimum atomic E-state index is -4.17. The predicted molar refractivity (Wildman–Crippen MR) is 101 cm³/mol. The van der Waals surface area contributed by atoms with Crippen LogP contribution in [0.15, 0.2) is 45.7 Å². The normalized spacial score (nSPS) is 23.7. The number of aliphatic hydroxyl groups excluding tert-OH is 2. The Kier molecular flexibility index (Phi) is 5.06. The summed E-state index contributed by atoms with van der Waals surface area (Å²) in [7, 11) is -4.17. The van der Waals surface area contributed by atoms with Gasteiger partial charge in [-0.1, -0.05) is 12.1 Å². The van der Waals surface area contributed by atoms with E-state index in [1.807, 2.05) is 0 Å². The summed E-state index contributed by atoms with van der Waals surface area (Å²) in [4.78, 5) is 19.7. The Morgan fingerprint density at radius 3 is 2.63 bits per heavy atom. The van der Waals surface area contributed by atoms with E-state index in [1.54, 1.807) is 24.3 Å². The first-order chi connectivity index (χ1) is 14.1. The third-order valence-corrected chi connectivity index (χ3v) is 7.15. The molecule has 0 saturated carbocycles. The zero-order valence-corrected chi connectivity index (χ0v) is 16.5. The number of alkyl halides is 2. The van der Waals surface area contributed by atoms with Crippen LogP contribution in [-0.2, 0) is 14.8 Å². The largest absolute Gasteiger partial charge is 0.394 e. The molecule has 3 atom stereocenters. The number of hydrogen-bond donors (Lipinski definition) is 3. The lowest BCUT2D eigenvalue weighted by molar-refractivity contribution is -0.140. The van der Waals surface area contributed by atoms with E-state index < -0.39 is 52.5 Å². The minimum Gasteiger partial charge on any atom is -0.394 e. The van der Waals surface area contributed by atoms with Crippen molar-refractivity contribution in [3.05, 3.63) is 47.0 Å². The first-order valence-electron chi connectivity index (χ1n) is 8.43. The molecule has 0 radical (unpaired) electrons. The fourth-order valence-electron chi connectivity index (χ4n) is 2.91. The number of halogens is 2. The van der Waals surface area contributed by atoms with Crippen molar-refractivity contribution in [3.63, 3.8) is 0 Å². The smallest absolute Gasteiger partial charge is 0.351 e. The van der Waals surface area contributed by atoms with Crippen LogP contribution in [0.2, 0.25) is 0 Å². The lowest BCUT2D eigenvalue weighted by Gasteiger charge is -2.21. The van der Waals surface area contributed by atoms with Gasteiger partial charge >= 0.3 is 11.6 Å². The van der Waals surface area contributed by atoms with Gasteiger partial charge in [-0.05, 0) is 18.2 Å². The SMILES string of the molecule is O=c1nc(NS(=O)(=O)c2nc3ccccc3s2)ccn1C1OC(CO)C(O)C1(F)F. The molecule has 0 bridgehead atoms. The van der Waals surface area contributed by atoms with Crippen LogP contribution in [0.3, 0.4) is 0 Å². The van der Waals surface area contributed by atoms with Crippen LogP contribution in [0, 0.1) is 0 Å². The number of nitrogens with zero attached hydrogens (tertiary/aromatic N) is 3. The molecule has 3 N–H and O–H groups in total. The first kappa shape index (κ1) is 20.7. The number of rotatable bonds is 5. The number of ether oxygens (including phenoxy) is 1. The standard InChI is InChI=1S/C16H14F2N4O6S2/c17-16(18)12(24)9(7-23)28-13(16)22-6-5-11(20-14(22)25)21-30(26,27)15-19-8-3-1-2-4-10(8)29-15/h1-6,9,12-13,23-24H,7H2,(H,20,21,25). The highest BCUT2D eigenvalue weighted by atomic mass is 32.2. The number of thiazole rings is 1. The van der Waals surface area contributed by atoms with Gasteiger partial charge in [-0.3, -0.25) is 9.29 Å². The van der Waals surface area contributed by atoms with Gasteiger partial charge in [0.15, 0.2) is 6.10 Å². The second kappa shape index (κ2) is 7.31. The number of benzene rings is 1. The lowest BCUT2D eigenvalue weighted by atomic mass is 10.1. The predicted octanol–water partition coefficient (Wildman–Crippen LogP) is 0.540. The number of aromatic nitrogens is 3. The van der Waals surface area contributed by atoms with Crippen molar-refractivity contribution in [2.45, 2.75) is 28.7 Å². The molecule has 1 aromatic carbocycles. The van der Waals surface area contributed by atoms with Gasteiger partial charge in [0.25, 0.3) is 10.0 Å². The van der Waals surface area contributed by atoms with E-state index in [2.05, 4.69) is 14.7 Å². The van der Waals surface area contributed by atoms with Crippen molar-refractivity contribution in [1.82, 2.24) is 14.5 Å². The Morgan fingerprint density at radius 1 is 1.27 bits per heavy atom. The second-order valence-electron chi connectivity index (χ2n) is 6.38. The monoisotopic (exact) mass is 460 g/mol. The summed E-state index contributed by atoms with van der Waals surface area (Å²) >= 11 is 0.911. The van der Waals surface area contributed by atoms with E-state index in [9.17, 15) is 27.1 Å². The first-order valence-corrected chi connectivity index (χ1v) is 10.7. The molecule has 1 fully saturated rings. The quantitative estimate of drug-likeness (QED) is 0.501. The zero-order valence-electron chi connectivity index (χ0n) is 14.8. The molecule has 0 aliphatic carbocycles. The summed E-state index contributed by atoms with van der Waals surface area (Å²) < 4.78 is 61.2. The third kappa shape index (κ3) is 3.45. The molecule has 4 rings (SSSR count). The number of nitrogens with one attached hydrogen (secondary N) is 1. The molecule has 30 heavy (non-hydrogen) atoms. The Bertz CT molecular complexity index is 1230. The highest BCUT2D eigenvalue weighted by molar-refractivity contribution is 7.94. The fourth-order valence-corrected chi connectivity index (χ4v) is 5.14. The summed E-state index contributed by atoms with van der Waals surface area (Å²) in [6.07, 6.45) is -5.26. The molecule has 2 aromatic heterocycles. The second-order valence-corrected chi connectivity index (χ2v) is 9.27. The molecule has 0 amide bonds. The van der Waals surface area contributed by atoms with Gasteiger partial charge < -0.3 is 14.9 Å². The molecule has 14 heteroatoms. The van der Waals surface area contributed by atoms with Gasteiger partial charge in [-0.2, -0.15) is 22.2 Å². The molecule has 3 heterocycles. The summed E-state index contributed by atoms with van der Waals surface area (Å²) in [6, 6.07) is 7.75. The van der Waals surface area contributed by atoms with E-state index in [-0.39, 0.29) is 4.34 Å². The summed E-state index contributed by atoms with van der Waals surface area (Å²) in [5.74, 6) is -4.28. The summed E-state index contributed by atoms with van der Waals surface area (Å²) in [5, 5.41) is 18.6. The summed E-state index contributed by atoms with van der Waals surface area (Å²) in [5.41, 5.74) is -0.765. The number of sulfonamides is 1. The van der Waals surface area contributed by atoms with Crippen LogP contribution in [0.4, 0.5) is 14.6 Å². The molecule has 10 nitrogen and oxygen atoms in total. The van der Waals surface area contributed by atoms with Crippen LogP contribution in [-0.4, -0.2) is 57.9 Å². The van der Waals surface area contributed by atoms with Gasteiger partial charge in [0.1, 0.15) is 11.9 Å². The highest BCUT2D eigenvalue weighted by Gasteiger charge is 2.59. The van der Waals surface area contributed by atoms with E-state index in [1.165, 1.54) is 0 Å². The maximum absolute atomic E-state index is 14.2. The van der Waals surface area contributed by atoms with Crippen molar-refractivity contribution < 1.29 is 32.1 Å². The third-order valence-electron chi connectivity index (χ3n) is 4.39. The number of anilines is 1. The Balaban J connectivity index is 1.61. The van der Waals surface area contributed by atoms with Crippen LogP contribution < -0.4 is 10.4 Å². The van der Waals surface area contributed by atoms with Crippen LogP contribution in [0.5, 0.6) is 0 Å². The number of fused-ring (bicyclic) bond motifs is 1. The van der Waals surface area contributed by atoms with Crippen LogP contribution >= 0.6 is 11.3 Å². The van der Waals surface area contributed by atoms with Crippen LogP contribution in [0.25, 0.3) is 10.2 Å². The van der Waals surface area contributed by atoms with E-state index in [0.29, 0.717) is 14.8 Å². The van der Waals surface area contributed by atoms with Gasteiger partial charge in [-0.15, -0.1) is 11.3 Å². The Hall–Kier alpha value is -2.52. The maximum atomic E-state index is 14.2. The van der Waals surface area contributed by atoms with Gasteiger partial charge in [0, 0.05) is 6.20 Å². The topological polar surface area (TPSA) is 144 Å². The van der Waals surface area contributed by atoms with Gasteiger partial charge in [-0.25, -0.2) is 9.78 Å².